The zero-order valence-electron chi connectivity index (χ0n) is 20.1. The van der Waals surface area contributed by atoms with Crippen LogP contribution < -0.4 is 10.2 Å². The Morgan fingerprint density at radius 1 is 1.00 bits per heavy atom. The third-order valence-corrected chi connectivity index (χ3v) is 7.13. The highest BCUT2D eigenvalue weighted by atomic mass is 35.5. The van der Waals surface area contributed by atoms with Crippen LogP contribution in [0.1, 0.15) is 43.3 Å². The van der Waals surface area contributed by atoms with Gasteiger partial charge in [-0.05, 0) is 79.0 Å². The maximum atomic E-state index is 13.4. The lowest BCUT2D eigenvalue weighted by molar-refractivity contribution is -0.122. The van der Waals surface area contributed by atoms with E-state index < -0.39 is 11.8 Å². The maximum Gasteiger partial charge on any atom is 0.270 e. The van der Waals surface area contributed by atoms with Crippen LogP contribution in [0.5, 0.6) is 0 Å². The first-order chi connectivity index (χ1) is 16.4. The van der Waals surface area contributed by atoms with Gasteiger partial charge in [0.05, 0.1) is 15.7 Å². The zero-order valence-corrected chi connectivity index (χ0v) is 22.4. The second-order valence-corrected chi connectivity index (χ2v) is 10.7. The van der Waals surface area contributed by atoms with Crippen molar-refractivity contribution in [3.63, 3.8) is 0 Å². The van der Waals surface area contributed by atoms with Crippen LogP contribution in [0.4, 0.5) is 5.69 Å². The summed E-state index contributed by atoms with van der Waals surface area (Å²) in [6.07, 6.45) is 1.59. The first-order valence-corrected chi connectivity index (χ1v) is 12.2. The fourth-order valence-electron chi connectivity index (χ4n) is 4.14. The number of nitrogens with one attached hydrogen (secondary N) is 1. The van der Waals surface area contributed by atoms with Gasteiger partial charge in [-0.2, -0.15) is 0 Å². The predicted octanol–water partition coefficient (Wildman–Crippen LogP) is 6.53. The molecule has 1 fully saturated rings. The minimum absolute atomic E-state index is 0.0435. The molecule has 0 unspecified atom stereocenters. The Balaban J connectivity index is 1.75. The van der Waals surface area contributed by atoms with Crippen molar-refractivity contribution in [2.45, 2.75) is 40.0 Å². The number of carbonyl (C=O) groups is 2. The molecule has 1 aromatic heterocycles. The van der Waals surface area contributed by atoms with Crippen LogP contribution in [0.3, 0.4) is 0 Å². The molecule has 4 rings (SSSR count). The van der Waals surface area contributed by atoms with E-state index in [0.29, 0.717) is 5.69 Å². The molecule has 1 aliphatic rings. The summed E-state index contributed by atoms with van der Waals surface area (Å²) < 4.78 is 2.10. The van der Waals surface area contributed by atoms with Crippen molar-refractivity contribution in [3.05, 3.63) is 86.7 Å². The van der Waals surface area contributed by atoms with E-state index in [1.54, 1.807) is 24.3 Å². The van der Waals surface area contributed by atoms with Crippen LogP contribution in [-0.4, -0.2) is 21.5 Å². The normalized spacial score (nSPS) is 15.7. The smallest absolute Gasteiger partial charge is 0.270 e. The van der Waals surface area contributed by atoms with Crippen LogP contribution in [0.2, 0.25) is 10.0 Å². The van der Waals surface area contributed by atoms with Crippen molar-refractivity contribution < 1.29 is 9.59 Å². The molecule has 3 aromatic rings. The minimum Gasteiger partial charge on any atom is -0.318 e. The monoisotopic (exact) mass is 525 g/mol. The summed E-state index contributed by atoms with van der Waals surface area (Å²) >= 11 is 17.8. The number of halogens is 2. The molecule has 2 amide bonds. The van der Waals surface area contributed by atoms with E-state index in [9.17, 15) is 9.59 Å². The average Bonchev–Trinajstić information content (AvgIpc) is 3.06. The number of hydrogen-bond acceptors (Lipinski definition) is 3. The summed E-state index contributed by atoms with van der Waals surface area (Å²) in [5.41, 5.74) is 5.21. The second kappa shape index (κ2) is 9.26. The van der Waals surface area contributed by atoms with Crippen molar-refractivity contribution >= 4 is 64.1 Å². The fraction of sp³-hybridized carbons (Fsp3) is 0.222. The number of thiocarbonyl (C=S) groups is 1. The summed E-state index contributed by atoms with van der Waals surface area (Å²) in [5.74, 6) is -1.13. The van der Waals surface area contributed by atoms with Crippen molar-refractivity contribution in [2.24, 2.45) is 0 Å². The molecule has 35 heavy (non-hydrogen) atoms. The van der Waals surface area contributed by atoms with E-state index in [1.165, 1.54) is 10.5 Å². The Morgan fingerprint density at radius 2 is 1.66 bits per heavy atom. The van der Waals surface area contributed by atoms with Gasteiger partial charge in [0.2, 0.25) is 0 Å². The van der Waals surface area contributed by atoms with Gasteiger partial charge >= 0.3 is 0 Å². The minimum atomic E-state index is -0.567. The van der Waals surface area contributed by atoms with Gasteiger partial charge in [-0.25, -0.2) is 0 Å². The van der Waals surface area contributed by atoms with Crippen LogP contribution >= 0.6 is 35.4 Å². The molecule has 0 saturated carbocycles. The molecule has 0 aliphatic carbocycles. The molecule has 0 radical (unpaired) electrons. The number of nitrogens with zero attached hydrogens (tertiary/aromatic N) is 2. The van der Waals surface area contributed by atoms with Gasteiger partial charge in [0.25, 0.3) is 11.8 Å². The van der Waals surface area contributed by atoms with E-state index >= 15 is 0 Å². The molecule has 1 aliphatic heterocycles. The fourth-order valence-corrected chi connectivity index (χ4v) is 4.79. The van der Waals surface area contributed by atoms with Crippen molar-refractivity contribution in [1.29, 1.82) is 0 Å². The third kappa shape index (κ3) is 4.66. The largest absolute Gasteiger partial charge is 0.318 e. The van der Waals surface area contributed by atoms with Crippen LogP contribution in [0, 0.1) is 13.8 Å². The molecule has 0 atom stereocenters. The molecule has 0 spiro atoms. The summed E-state index contributed by atoms with van der Waals surface area (Å²) in [5, 5.41) is 3.00. The van der Waals surface area contributed by atoms with Gasteiger partial charge in [-0.1, -0.05) is 62.2 Å². The molecular formula is C27H25Cl2N3O2S. The number of rotatable bonds is 3. The SMILES string of the molecule is Cc1cc(/C=C2\C(=O)NC(=S)N(c3cccc(Cl)c3Cl)C2=O)c(C)n1-c1ccc(C(C)(C)C)cc1. The van der Waals surface area contributed by atoms with Crippen LogP contribution in [0.25, 0.3) is 11.8 Å². The molecule has 8 heteroatoms. The molecular weight excluding hydrogens is 501 g/mol. The number of benzene rings is 2. The quantitative estimate of drug-likeness (QED) is 0.240. The van der Waals surface area contributed by atoms with E-state index in [1.807, 2.05) is 19.9 Å². The Hall–Kier alpha value is -2.93. The second-order valence-electron chi connectivity index (χ2n) is 9.49. The number of anilines is 1. The molecule has 2 heterocycles. The zero-order chi connectivity index (χ0) is 25.7. The highest BCUT2D eigenvalue weighted by Gasteiger charge is 2.36. The van der Waals surface area contributed by atoms with Crippen LogP contribution in [0.15, 0.2) is 54.1 Å². The van der Waals surface area contributed by atoms with E-state index in [2.05, 4.69) is 54.9 Å². The Kier molecular flexibility index (Phi) is 6.66. The Labute approximate surface area is 220 Å². The van der Waals surface area contributed by atoms with Crippen molar-refractivity contribution in [2.75, 3.05) is 4.90 Å². The predicted molar refractivity (Wildman–Crippen MR) is 147 cm³/mol. The molecule has 0 bridgehead atoms. The maximum absolute atomic E-state index is 13.4. The molecule has 1 N–H and O–H groups in total. The van der Waals surface area contributed by atoms with E-state index in [0.717, 1.165) is 22.6 Å². The first-order valence-electron chi connectivity index (χ1n) is 11.1. The molecule has 1 saturated heterocycles. The number of amides is 2. The highest BCUT2D eigenvalue weighted by molar-refractivity contribution is 7.80. The summed E-state index contributed by atoms with van der Waals surface area (Å²) in [6.45, 7) is 10.5. The molecule has 180 valence electrons. The third-order valence-electron chi connectivity index (χ3n) is 6.04. The number of hydrogen-bond donors (Lipinski definition) is 1. The van der Waals surface area contributed by atoms with Gasteiger partial charge in [0, 0.05) is 17.1 Å². The van der Waals surface area contributed by atoms with Crippen molar-refractivity contribution in [3.8, 4) is 5.69 Å². The lowest BCUT2D eigenvalue weighted by Gasteiger charge is -2.29. The van der Waals surface area contributed by atoms with Crippen LogP contribution in [-0.2, 0) is 15.0 Å². The average molecular weight is 526 g/mol. The van der Waals surface area contributed by atoms with Gasteiger partial charge in [-0.15, -0.1) is 0 Å². The lowest BCUT2D eigenvalue weighted by atomic mass is 9.87. The Morgan fingerprint density at radius 3 is 2.29 bits per heavy atom. The van der Waals surface area contributed by atoms with Gasteiger partial charge in [0.15, 0.2) is 5.11 Å². The summed E-state index contributed by atoms with van der Waals surface area (Å²) in [7, 11) is 0. The van der Waals surface area contributed by atoms with Crippen molar-refractivity contribution in [1.82, 2.24) is 9.88 Å². The molecule has 2 aromatic carbocycles. The van der Waals surface area contributed by atoms with Gasteiger partial charge < -0.3 is 4.57 Å². The number of aromatic nitrogens is 1. The molecule has 5 nitrogen and oxygen atoms in total. The summed E-state index contributed by atoms with van der Waals surface area (Å²) in [4.78, 5) is 27.4. The van der Waals surface area contributed by atoms with Gasteiger partial charge in [0.1, 0.15) is 5.57 Å². The first kappa shape index (κ1) is 25.2. The van der Waals surface area contributed by atoms with E-state index in [-0.39, 0.29) is 26.1 Å². The van der Waals surface area contributed by atoms with Gasteiger partial charge in [-0.3, -0.25) is 19.8 Å². The number of aryl methyl sites for hydroxylation is 1. The summed E-state index contributed by atoms with van der Waals surface area (Å²) in [6, 6.07) is 15.3. The highest BCUT2D eigenvalue weighted by Crippen LogP contribution is 2.35. The lowest BCUT2D eigenvalue weighted by Crippen LogP contribution is -2.54. The standard InChI is InChI=1S/C27H25Cl2N3O2S/c1-15-13-17(16(2)31(15)19-11-9-18(10-12-19)27(3,4)5)14-20-24(33)30-26(35)32(25(20)34)22-8-6-7-21(28)23(22)29/h6-14H,1-5H3,(H,30,33,35)/b20-14+. The Bertz CT molecular complexity index is 1400. The topological polar surface area (TPSA) is 54.3 Å². The number of carbonyl (C=O) groups excluding carboxylic acids is 2. The van der Waals surface area contributed by atoms with E-state index in [4.69, 9.17) is 35.4 Å².